The zero-order chi connectivity index (χ0) is 15.4. The molecule has 1 aliphatic rings. The first-order chi connectivity index (χ1) is 10.7. The normalized spacial score (nSPS) is 21.5. The molecule has 1 saturated heterocycles. The Bertz CT molecular complexity index is 633. The van der Waals surface area contributed by atoms with Gasteiger partial charge in [0, 0.05) is 12.1 Å². The smallest absolute Gasteiger partial charge is 0.253 e. The summed E-state index contributed by atoms with van der Waals surface area (Å²) in [6, 6.07) is 9.63. The molecular weight excluding hydrogens is 282 g/mol. The van der Waals surface area contributed by atoms with Gasteiger partial charge in [0.1, 0.15) is 0 Å². The minimum atomic E-state index is -1.34. The SMILES string of the molecule is O=C(NCc1ncc(-c2ccccc2)o1)C1(O)CCCNC1. The van der Waals surface area contributed by atoms with Crippen molar-refractivity contribution in [2.24, 2.45) is 0 Å². The molecule has 2 heterocycles. The van der Waals surface area contributed by atoms with E-state index in [4.69, 9.17) is 4.42 Å². The monoisotopic (exact) mass is 301 g/mol. The lowest BCUT2D eigenvalue weighted by Gasteiger charge is -2.30. The van der Waals surface area contributed by atoms with Gasteiger partial charge in [0.15, 0.2) is 11.4 Å². The number of hydrogen-bond acceptors (Lipinski definition) is 5. The highest BCUT2D eigenvalue weighted by Gasteiger charge is 2.37. The summed E-state index contributed by atoms with van der Waals surface area (Å²) >= 11 is 0. The van der Waals surface area contributed by atoms with Gasteiger partial charge in [0.25, 0.3) is 5.91 Å². The molecule has 1 aromatic heterocycles. The van der Waals surface area contributed by atoms with Crippen molar-refractivity contribution in [3.8, 4) is 11.3 Å². The average molecular weight is 301 g/mol. The number of carbonyl (C=O) groups excluding carboxylic acids is 1. The van der Waals surface area contributed by atoms with Crippen LogP contribution in [-0.4, -0.2) is 34.7 Å². The molecule has 6 nitrogen and oxygen atoms in total. The van der Waals surface area contributed by atoms with Crippen LogP contribution in [0, 0.1) is 0 Å². The van der Waals surface area contributed by atoms with Crippen LogP contribution in [0.4, 0.5) is 0 Å². The fraction of sp³-hybridized carbons (Fsp3) is 0.375. The number of amides is 1. The Morgan fingerprint density at radius 1 is 1.41 bits per heavy atom. The number of β-amino-alcohol motifs (C(OH)–C–C–N with tert-alkyl or cyclic N) is 1. The number of benzene rings is 1. The summed E-state index contributed by atoms with van der Waals surface area (Å²) in [5.41, 5.74) is -0.407. The molecule has 0 spiro atoms. The van der Waals surface area contributed by atoms with E-state index >= 15 is 0 Å². The molecule has 1 fully saturated rings. The summed E-state index contributed by atoms with van der Waals surface area (Å²) in [6.07, 6.45) is 2.88. The Kier molecular flexibility index (Phi) is 4.22. The number of piperidine rings is 1. The molecule has 3 rings (SSSR count). The van der Waals surface area contributed by atoms with E-state index < -0.39 is 5.60 Å². The predicted octanol–water partition coefficient (Wildman–Crippen LogP) is 1.07. The van der Waals surface area contributed by atoms with Gasteiger partial charge in [-0.15, -0.1) is 0 Å². The van der Waals surface area contributed by atoms with Crippen LogP contribution in [0.15, 0.2) is 40.9 Å². The van der Waals surface area contributed by atoms with Crippen LogP contribution in [0.2, 0.25) is 0 Å². The van der Waals surface area contributed by atoms with Crippen LogP contribution in [0.3, 0.4) is 0 Å². The van der Waals surface area contributed by atoms with Gasteiger partial charge in [-0.05, 0) is 19.4 Å². The topological polar surface area (TPSA) is 87.4 Å². The van der Waals surface area contributed by atoms with Gasteiger partial charge in [-0.25, -0.2) is 4.98 Å². The zero-order valence-corrected chi connectivity index (χ0v) is 12.2. The largest absolute Gasteiger partial charge is 0.439 e. The van der Waals surface area contributed by atoms with E-state index in [-0.39, 0.29) is 19.0 Å². The van der Waals surface area contributed by atoms with E-state index in [0.29, 0.717) is 18.1 Å². The highest BCUT2D eigenvalue weighted by Crippen LogP contribution is 2.20. The fourth-order valence-corrected chi connectivity index (χ4v) is 2.53. The maximum atomic E-state index is 12.1. The predicted molar refractivity (Wildman–Crippen MR) is 80.8 cm³/mol. The van der Waals surface area contributed by atoms with Crippen molar-refractivity contribution >= 4 is 5.91 Å². The molecular formula is C16H19N3O3. The molecule has 1 aromatic carbocycles. The molecule has 0 saturated carbocycles. The summed E-state index contributed by atoms with van der Waals surface area (Å²) in [4.78, 5) is 16.3. The second kappa shape index (κ2) is 6.29. The number of oxazole rings is 1. The number of aromatic nitrogens is 1. The van der Waals surface area contributed by atoms with Crippen LogP contribution < -0.4 is 10.6 Å². The van der Waals surface area contributed by atoms with Crippen LogP contribution in [0.25, 0.3) is 11.3 Å². The highest BCUT2D eigenvalue weighted by atomic mass is 16.4. The Morgan fingerprint density at radius 3 is 2.95 bits per heavy atom. The van der Waals surface area contributed by atoms with E-state index in [0.717, 1.165) is 18.5 Å². The van der Waals surface area contributed by atoms with Crippen molar-refractivity contribution in [1.29, 1.82) is 0 Å². The number of rotatable bonds is 4. The Balaban J connectivity index is 1.60. The third-order valence-electron chi connectivity index (χ3n) is 3.80. The van der Waals surface area contributed by atoms with Gasteiger partial charge in [-0.3, -0.25) is 4.79 Å². The summed E-state index contributed by atoms with van der Waals surface area (Å²) in [7, 11) is 0. The quantitative estimate of drug-likeness (QED) is 0.786. The molecule has 1 aliphatic heterocycles. The maximum Gasteiger partial charge on any atom is 0.253 e. The highest BCUT2D eigenvalue weighted by molar-refractivity contribution is 5.85. The van der Waals surface area contributed by atoms with Gasteiger partial charge in [-0.1, -0.05) is 30.3 Å². The van der Waals surface area contributed by atoms with Crippen LogP contribution in [0.1, 0.15) is 18.7 Å². The van der Waals surface area contributed by atoms with Gasteiger partial charge in [0.05, 0.1) is 12.7 Å². The van der Waals surface area contributed by atoms with Gasteiger partial charge < -0.3 is 20.2 Å². The Morgan fingerprint density at radius 2 is 2.23 bits per heavy atom. The maximum absolute atomic E-state index is 12.1. The van der Waals surface area contributed by atoms with E-state index in [2.05, 4.69) is 15.6 Å². The van der Waals surface area contributed by atoms with Gasteiger partial charge >= 0.3 is 0 Å². The third-order valence-corrected chi connectivity index (χ3v) is 3.80. The standard InChI is InChI=1S/C16H19N3O3/c20-15(16(21)7-4-8-17-11-16)19-10-14-18-9-13(22-14)12-5-2-1-3-6-12/h1-3,5-6,9,17,21H,4,7-8,10-11H2,(H,19,20). The summed E-state index contributed by atoms with van der Waals surface area (Å²) in [5.74, 6) is 0.682. The molecule has 0 bridgehead atoms. The van der Waals surface area contributed by atoms with E-state index in [1.165, 1.54) is 0 Å². The molecule has 1 atom stereocenters. The number of aliphatic hydroxyl groups is 1. The summed E-state index contributed by atoms with van der Waals surface area (Å²) < 4.78 is 5.62. The average Bonchev–Trinajstić information content (AvgIpc) is 3.03. The molecule has 1 unspecified atom stereocenters. The second-order valence-electron chi connectivity index (χ2n) is 5.48. The molecule has 6 heteroatoms. The third kappa shape index (κ3) is 3.18. The van der Waals surface area contributed by atoms with Crippen molar-refractivity contribution in [1.82, 2.24) is 15.6 Å². The van der Waals surface area contributed by atoms with Gasteiger partial charge in [0.2, 0.25) is 5.89 Å². The van der Waals surface area contributed by atoms with Crippen molar-refractivity contribution in [3.63, 3.8) is 0 Å². The van der Waals surface area contributed by atoms with E-state index in [1.54, 1.807) is 6.20 Å². The second-order valence-corrected chi connectivity index (χ2v) is 5.48. The molecule has 0 aliphatic carbocycles. The first-order valence-electron chi connectivity index (χ1n) is 7.39. The molecule has 2 aromatic rings. The molecule has 22 heavy (non-hydrogen) atoms. The van der Waals surface area contributed by atoms with Crippen LogP contribution in [0.5, 0.6) is 0 Å². The Hall–Kier alpha value is -2.18. The number of carbonyl (C=O) groups is 1. The van der Waals surface area contributed by atoms with Crippen molar-refractivity contribution in [2.75, 3.05) is 13.1 Å². The zero-order valence-electron chi connectivity index (χ0n) is 12.2. The number of hydrogen-bond donors (Lipinski definition) is 3. The fourth-order valence-electron chi connectivity index (χ4n) is 2.53. The molecule has 0 radical (unpaired) electrons. The van der Waals surface area contributed by atoms with Crippen molar-refractivity contribution < 1.29 is 14.3 Å². The van der Waals surface area contributed by atoms with Gasteiger partial charge in [-0.2, -0.15) is 0 Å². The number of nitrogens with zero attached hydrogens (tertiary/aromatic N) is 1. The lowest BCUT2D eigenvalue weighted by molar-refractivity contribution is -0.141. The molecule has 116 valence electrons. The molecule has 1 amide bonds. The molecule has 3 N–H and O–H groups in total. The summed E-state index contributed by atoms with van der Waals surface area (Å²) in [5, 5.41) is 16.0. The van der Waals surface area contributed by atoms with E-state index in [9.17, 15) is 9.90 Å². The van der Waals surface area contributed by atoms with Crippen LogP contribution in [-0.2, 0) is 11.3 Å². The minimum absolute atomic E-state index is 0.161. The summed E-state index contributed by atoms with van der Waals surface area (Å²) in [6.45, 7) is 1.27. The minimum Gasteiger partial charge on any atom is -0.439 e. The lowest BCUT2D eigenvalue weighted by atomic mass is 9.93. The number of nitrogens with one attached hydrogen (secondary N) is 2. The first kappa shape index (κ1) is 14.7. The Labute approximate surface area is 128 Å². The van der Waals surface area contributed by atoms with Crippen molar-refractivity contribution in [2.45, 2.75) is 25.0 Å². The van der Waals surface area contributed by atoms with Crippen LogP contribution >= 0.6 is 0 Å². The lowest BCUT2D eigenvalue weighted by Crippen LogP contribution is -2.55. The first-order valence-corrected chi connectivity index (χ1v) is 7.39. The van der Waals surface area contributed by atoms with Crippen molar-refractivity contribution in [3.05, 3.63) is 42.4 Å². The van der Waals surface area contributed by atoms with E-state index in [1.807, 2.05) is 30.3 Å².